The van der Waals surface area contributed by atoms with Gasteiger partial charge in [0.25, 0.3) is 0 Å². The molecule has 1 rings (SSSR count). The number of rotatable bonds is 7. The Kier molecular flexibility index (Phi) is 7.59. The first-order chi connectivity index (χ1) is 10.9. The van der Waals surface area contributed by atoms with Crippen LogP contribution in [0.5, 0.6) is 0 Å². The van der Waals surface area contributed by atoms with Crippen molar-refractivity contribution in [2.24, 2.45) is 0 Å². The number of amides is 2. The summed E-state index contributed by atoms with van der Waals surface area (Å²) in [6.45, 7) is 5.03. The molecule has 0 fully saturated rings. The number of ether oxygens (including phenoxy) is 2. The van der Waals surface area contributed by atoms with Gasteiger partial charge in [-0.2, -0.15) is 0 Å². The van der Waals surface area contributed by atoms with Gasteiger partial charge in [0.15, 0.2) is 0 Å². The molecule has 0 unspecified atom stereocenters. The van der Waals surface area contributed by atoms with Crippen molar-refractivity contribution in [2.45, 2.75) is 39.5 Å². The highest BCUT2D eigenvalue weighted by molar-refractivity contribution is 5.89. The maximum atomic E-state index is 11.9. The number of hydrogen-bond donors (Lipinski definition) is 2. The van der Waals surface area contributed by atoms with Crippen LogP contribution in [0.4, 0.5) is 4.79 Å². The van der Waals surface area contributed by atoms with Crippen LogP contribution in [0.15, 0.2) is 30.3 Å². The van der Waals surface area contributed by atoms with E-state index in [1.54, 1.807) is 6.92 Å². The quantitative estimate of drug-likeness (QED) is 0.740. The van der Waals surface area contributed by atoms with E-state index >= 15 is 0 Å². The van der Waals surface area contributed by atoms with Gasteiger partial charge in [-0.05, 0) is 26.3 Å². The van der Waals surface area contributed by atoms with Crippen molar-refractivity contribution >= 4 is 18.0 Å². The molecule has 0 heterocycles. The molecule has 0 saturated heterocycles. The van der Waals surface area contributed by atoms with E-state index < -0.39 is 30.1 Å². The Morgan fingerprint density at radius 3 is 2.26 bits per heavy atom. The molecular formula is C16H22N2O5. The fourth-order valence-corrected chi connectivity index (χ4v) is 1.67. The summed E-state index contributed by atoms with van der Waals surface area (Å²) >= 11 is 0. The second-order valence-corrected chi connectivity index (χ2v) is 4.91. The van der Waals surface area contributed by atoms with Gasteiger partial charge in [-0.1, -0.05) is 30.3 Å². The highest BCUT2D eigenvalue weighted by atomic mass is 16.5. The summed E-state index contributed by atoms with van der Waals surface area (Å²) in [7, 11) is 0. The lowest BCUT2D eigenvalue weighted by molar-refractivity contribution is -0.147. The van der Waals surface area contributed by atoms with Crippen LogP contribution in [-0.2, 0) is 25.7 Å². The molecule has 0 aromatic heterocycles. The van der Waals surface area contributed by atoms with Gasteiger partial charge in [0.2, 0.25) is 5.91 Å². The van der Waals surface area contributed by atoms with Crippen molar-refractivity contribution in [2.75, 3.05) is 6.61 Å². The number of esters is 1. The molecule has 1 aromatic rings. The Morgan fingerprint density at radius 1 is 1.00 bits per heavy atom. The zero-order chi connectivity index (χ0) is 17.2. The van der Waals surface area contributed by atoms with E-state index in [1.807, 2.05) is 30.3 Å². The predicted octanol–water partition coefficient (Wildman–Crippen LogP) is 1.37. The van der Waals surface area contributed by atoms with Gasteiger partial charge in [0, 0.05) is 0 Å². The molecule has 1 aromatic carbocycles. The molecule has 2 atom stereocenters. The van der Waals surface area contributed by atoms with E-state index in [4.69, 9.17) is 9.47 Å². The highest BCUT2D eigenvalue weighted by Crippen LogP contribution is 2.00. The summed E-state index contributed by atoms with van der Waals surface area (Å²) in [6, 6.07) is 7.56. The Balaban J connectivity index is 2.36. The Labute approximate surface area is 135 Å². The average molecular weight is 322 g/mol. The van der Waals surface area contributed by atoms with Gasteiger partial charge in [-0.15, -0.1) is 0 Å². The molecule has 23 heavy (non-hydrogen) atoms. The molecule has 7 nitrogen and oxygen atoms in total. The normalized spacial score (nSPS) is 12.7. The monoisotopic (exact) mass is 322 g/mol. The van der Waals surface area contributed by atoms with Gasteiger partial charge in [-0.3, -0.25) is 4.79 Å². The third-order valence-corrected chi connectivity index (χ3v) is 2.94. The molecular weight excluding hydrogens is 300 g/mol. The molecule has 0 saturated carbocycles. The van der Waals surface area contributed by atoms with Crippen molar-refractivity contribution in [1.29, 1.82) is 0 Å². The molecule has 126 valence electrons. The first-order valence-corrected chi connectivity index (χ1v) is 7.38. The third kappa shape index (κ3) is 6.82. The summed E-state index contributed by atoms with van der Waals surface area (Å²) in [6.07, 6.45) is -0.708. The number of carbonyl (C=O) groups excluding carboxylic acids is 3. The lowest BCUT2D eigenvalue weighted by atomic mass is 10.2. The summed E-state index contributed by atoms with van der Waals surface area (Å²) in [5.74, 6) is -1.03. The summed E-state index contributed by atoms with van der Waals surface area (Å²) in [5.41, 5.74) is 0.843. The van der Waals surface area contributed by atoms with Crippen LogP contribution >= 0.6 is 0 Å². The number of benzene rings is 1. The van der Waals surface area contributed by atoms with Crippen LogP contribution in [0.25, 0.3) is 0 Å². The van der Waals surface area contributed by atoms with Crippen LogP contribution in [0.1, 0.15) is 26.3 Å². The standard InChI is InChI=1S/C16H22N2O5/c1-4-22-15(20)12(3)17-14(19)11(2)18-16(21)23-10-13-8-6-5-7-9-13/h5-9,11-12H,4,10H2,1-3H3,(H,17,19)(H,18,21)/t11-,12+/m0/s1. The second kappa shape index (κ2) is 9.45. The van der Waals surface area contributed by atoms with Crippen LogP contribution < -0.4 is 10.6 Å². The van der Waals surface area contributed by atoms with Crippen molar-refractivity contribution < 1.29 is 23.9 Å². The van der Waals surface area contributed by atoms with Crippen molar-refractivity contribution in [1.82, 2.24) is 10.6 Å². The minimum atomic E-state index is -0.838. The molecule has 0 aliphatic carbocycles. The topological polar surface area (TPSA) is 93.7 Å². The maximum Gasteiger partial charge on any atom is 0.408 e. The molecule has 0 aliphatic heterocycles. The fraction of sp³-hybridized carbons (Fsp3) is 0.438. The maximum absolute atomic E-state index is 11.9. The van der Waals surface area contributed by atoms with Crippen molar-refractivity contribution in [3.8, 4) is 0 Å². The Bertz CT molecular complexity index is 533. The SMILES string of the molecule is CCOC(=O)[C@@H](C)NC(=O)[C@H](C)NC(=O)OCc1ccccc1. The van der Waals surface area contributed by atoms with E-state index in [9.17, 15) is 14.4 Å². The molecule has 0 radical (unpaired) electrons. The minimum Gasteiger partial charge on any atom is -0.464 e. The molecule has 2 amide bonds. The largest absolute Gasteiger partial charge is 0.464 e. The number of hydrogen-bond acceptors (Lipinski definition) is 5. The number of nitrogens with one attached hydrogen (secondary N) is 2. The minimum absolute atomic E-state index is 0.111. The smallest absolute Gasteiger partial charge is 0.408 e. The summed E-state index contributed by atoms with van der Waals surface area (Å²) < 4.78 is 9.81. The van der Waals surface area contributed by atoms with Gasteiger partial charge in [0.1, 0.15) is 18.7 Å². The van der Waals surface area contributed by atoms with Crippen LogP contribution in [0.3, 0.4) is 0 Å². The summed E-state index contributed by atoms with van der Waals surface area (Å²) in [4.78, 5) is 35.0. The second-order valence-electron chi connectivity index (χ2n) is 4.91. The fourth-order valence-electron chi connectivity index (χ4n) is 1.67. The first kappa shape index (κ1) is 18.5. The van der Waals surface area contributed by atoms with E-state index in [0.717, 1.165) is 5.56 Å². The molecule has 0 bridgehead atoms. The molecule has 0 spiro atoms. The van der Waals surface area contributed by atoms with Crippen LogP contribution in [-0.4, -0.2) is 36.7 Å². The molecule has 0 aliphatic rings. The van der Waals surface area contributed by atoms with Crippen LogP contribution in [0, 0.1) is 0 Å². The summed E-state index contributed by atoms with van der Waals surface area (Å²) in [5, 5.41) is 4.86. The van der Waals surface area contributed by atoms with E-state index in [2.05, 4.69) is 10.6 Å². The molecule has 2 N–H and O–H groups in total. The number of alkyl carbamates (subject to hydrolysis) is 1. The van der Waals surface area contributed by atoms with Gasteiger partial charge < -0.3 is 20.1 Å². The lowest BCUT2D eigenvalue weighted by Gasteiger charge is -2.17. The zero-order valence-electron chi connectivity index (χ0n) is 13.5. The van der Waals surface area contributed by atoms with E-state index in [-0.39, 0.29) is 13.2 Å². The van der Waals surface area contributed by atoms with E-state index in [1.165, 1.54) is 13.8 Å². The Hall–Kier alpha value is -2.57. The predicted molar refractivity (Wildman–Crippen MR) is 83.5 cm³/mol. The third-order valence-electron chi connectivity index (χ3n) is 2.94. The Morgan fingerprint density at radius 2 is 1.65 bits per heavy atom. The average Bonchev–Trinajstić information content (AvgIpc) is 2.54. The first-order valence-electron chi connectivity index (χ1n) is 7.38. The number of carbonyl (C=O) groups is 3. The van der Waals surface area contributed by atoms with Gasteiger partial charge in [-0.25, -0.2) is 9.59 Å². The highest BCUT2D eigenvalue weighted by Gasteiger charge is 2.21. The van der Waals surface area contributed by atoms with Crippen molar-refractivity contribution in [3.05, 3.63) is 35.9 Å². The lowest BCUT2D eigenvalue weighted by Crippen LogP contribution is -2.49. The zero-order valence-corrected chi connectivity index (χ0v) is 13.5. The molecule has 7 heteroatoms. The van der Waals surface area contributed by atoms with Gasteiger partial charge in [0.05, 0.1) is 6.61 Å². The van der Waals surface area contributed by atoms with Crippen LogP contribution in [0.2, 0.25) is 0 Å². The van der Waals surface area contributed by atoms with Crippen molar-refractivity contribution in [3.63, 3.8) is 0 Å². The van der Waals surface area contributed by atoms with Gasteiger partial charge >= 0.3 is 12.1 Å². The van der Waals surface area contributed by atoms with E-state index in [0.29, 0.717) is 0 Å².